The Labute approximate surface area is 129 Å². The van der Waals surface area contributed by atoms with E-state index in [0.29, 0.717) is 24.1 Å². The van der Waals surface area contributed by atoms with Gasteiger partial charge in [0.2, 0.25) is 5.89 Å². The molecule has 5 heteroatoms. The van der Waals surface area contributed by atoms with Crippen LogP contribution in [0.15, 0.2) is 28.8 Å². The number of nitrogens with zero attached hydrogens (tertiary/aromatic N) is 2. The van der Waals surface area contributed by atoms with Crippen molar-refractivity contribution in [2.24, 2.45) is 11.7 Å². The minimum absolute atomic E-state index is 0.197. The third kappa shape index (κ3) is 3.91. The number of rotatable bonds is 5. The molecule has 3 rings (SSSR count). The summed E-state index contributed by atoms with van der Waals surface area (Å²) >= 11 is 0. The van der Waals surface area contributed by atoms with Crippen molar-refractivity contribution in [2.45, 2.75) is 51.0 Å². The van der Waals surface area contributed by atoms with Gasteiger partial charge in [0.05, 0.1) is 6.04 Å². The third-order valence-electron chi connectivity index (χ3n) is 4.36. The van der Waals surface area contributed by atoms with Crippen LogP contribution >= 0.6 is 0 Å². The maximum Gasteiger partial charge on any atom is 0.243 e. The highest BCUT2D eigenvalue weighted by atomic mass is 19.1. The Morgan fingerprint density at radius 2 is 2.09 bits per heavy atom. The molecule has 4 nitrogen and oxygen atoms in total. The first-order valence-electron chi connectivity index (χ1n) is 8.03. The van der Waals surface area contributed by atoms with Crippen molar-refractivity contribution < 1.29 is 8.91 Å². The average Bonchev–Trinajstić information content (AvgIpc) is 2.97. The van der Waals surface area contributed by atoms with E-state index in [1.165, 1.54) is 44.2 Å². The summed E-state index contributed by atoms with van der Waals surface area (Å²) in [5.41, 5.74) is 7.03. The van der Waals surface area contributed by atoms with Crippen LogP contribution in [0, 0.1) is 11.7 Å². The Balaban J connectivity index is 1.60. The van der Waals surface area contributed by atoms with Crippen LogP contribution in [-0.4, -0.2) is 10.1 Å². The van der Waals surface area contributed by atoms with Gasteiger partial charge in [0.15, 0.2) is 5.82 Å². The van der Waals surface area contributed by atoms with E-state index in [9.17, 15) is 4.39 Å². The maximum atomic E-state index is 13.2. The Hall–Kier alpha value is -1.75. The molecule has 1 fully saturated rings. The monoisotopic (exact) mass is 303 g/mol. The first-order valence-corrected chi connectivity index (χ1v) is 8.03. The van der Waals surface area contributed by atoms with Gasteiger partial charge in [0.1, 0.15) is 5.82 Å². The van der Waals surface area contributed by atoms with Crippen molar-refractivity contribution in [2.75, 3.05) is 0 Å². The van der Waals surface area contributed by atoms with E-state index >= 15 is 0 Å². The van der Waals surface area contributed by atoms with Gasteiger partial charge in [-0.3, -0.25) is 0 Å². The van der Waals surface area contributed by atoms with Gasteiger partial charge in [0.25, 0.3) is 0 Å². The molecule has 1 aromatic carbocycles. The summed E-state index contributed by atoms with van der Waals surface area (Å²) in [5, 5.41) is 3.97. The fourth-order valence-corrected chi connectivity index (χ4v) is 3.20. The lowest BCUT2D eigenvalue weighted by Crippen LogP contribution is -2.17. The molecule has 0 saturated heterocycles. The molecule has 0 aliphatic heterocycles. The van der Waals surface area contributed by atoms with Gasteiger partial charge in [-0.1, -0.05) is 49.4 Å². The molecule has 1 aromatic heterocycles. The first kappa shape index (κ1) is 15.2. The lowest BCUT2D eigenvalue weighted by atomic mass is 9.85. The average molecular weight is 303 g/mol. The fourth-order valence-electron chi connectivity index (χ4n) is 3.20. The van der Waals surface area contributed by atoms with Crippen LogP contribution < -0.4 is 5.73 Å². The number of halogens is 1. The van der Waals surface area contributed by atoms with Crippen molar-refractivity contribution in [3.05, 3.63) is 47.4 Å². The number of hydrogen-bond donors (Lipinski definition) is 1. The smallest absolute Gasteiger partial charge is 0.243 e. The van der Waals surface area contributed by atoms with E-state index < -0.39 is 0 Å². The van der Waals surface area contributed by atoms with Crippen LogP contribution in [0.5, 0.6) is 0 Å². The van der Waals surface area contributed by atoms with Crippen LogP contribution in [0.4, 0.5) is 4.39 Å². The zero-order valence-electron chi connectivity index (χ0n) is 12.7. The normalized spacial score (nSPS) is 17.5. The van der Waals surface area contributed by atoms with E-state index in [1.807, 2.05) is 6.07 Å². The van der Waals surface area contributed by atoms with Crippen LogP contribution in [0.25, 0.3) is 0 Å². The van der Waals surface area contributed by atoms with Crippen molar-refractivity contribution in [3.63, 3.8) is 0 Å². The molecule has 1 aliphatic carbocycles. The van der Waals surface area contributed by atoms with Crippen LogP contribution in [0.1, 0.15) is 61.8 Å². The number of benzene rings is 1. The van der Waals surface area contributed by atoms with Crippen molar-refractivity contribution in [3.8, 4) is 0 Å². The second kappa shape index (κ2) is 7.01. The topological polar surface area (TPSA) is 64.9 Å². The Bertz CT molecular complexity index is 607. The van der Waals surface area contributed by atoms with Gasteiger partial charge in [-0.05, 0) is 30.0 Å². The third-order valence-corrected chi connectivity index (χ3v) is 4.36. The molecule has 1 atom stereocenters. The summed E-state index contributed by atoms with van der Waals surface area (Å²) in [4.78, 5) is 4.38. The number of nitrogens with two attached hydrogens (primary N) is 1. The second-order valence-electron chi connectivity index (χ2n) is 6.20. The van der Waals surface area contributed by atoms with Crippen LogP contribution in [0.3, 0.4) is 0 Å². The van der Waals surface area contributed by atoms with Gasteiger partial charge >= 0.3 is 0 Å². The molecular formula is C17H22FN3O. The molecule has 1 saturated carbocycles. The highest BCUT2D eigenvalue weighted by Crippen LogP contribution is 2.30. The molecule has 1 heterocycles. The summed E-state index contributed by atoms with van der Waals surface area (Å²) in [6, 6.07) is 6.24. The Morgan fingerprint density at radius 3 is 2.86 bits per heavy atom. The van der Waals surface area contributed by atoms with Crippen LogP contribution in [-0.2, 0) is 6.42 Å². The molecule has 22 heavy (non-hydrogen) atoms. The predicted molar refractivity (Wildman–Crippen MR) is 81.6 cm³/mol. The second-order valence-corrected chi connectivity index (χ2v) is 6.20. The first-order chi connectivity index (χ1) is 10.7. The van der Waals surface area contributed by atoms with Crippen molar-refractivity contribution >= 4 is 0 Å². The lowest BCUT2D eigenvalue weighted by Gasteiger charge is -2.22. The summed E-state index contributed by atoms with van der Waals surface area (Å²) in [5.74, 6) is 1.47. The highest BCUT2D eigenvalue weighted by Gasteiger charge is 2.21. The molecule has 0 bridgehead atoms. The minimum atomic E-state index is -0.254. The Morgan fingerprint density at radius 1 is 1.27 bits per heavy atom. The van der Waals surface area contributed by atoms with E-state index in [-0.39, 0.29) is 11.9 Å². The summed E-state index contributed by atoms with van der Waals surface area (Å²) in [6.07, 6.45) is 7.79. The molecule has 2 aromatic rings. The molecule has 0 amide bonds. The molecule has 0 spiro atoms. The standard InChI is InChI=1S/C17H22FN3O/c18-14-8-4-7-13(9-14)11-16-20-17(22-21-16)15(19)10-12-5-2-1-3-6-12/h4,7-9,12,15H,1-3,5-6,10-11,19H2. The summed E-state index contributed by atoms with van der Waals surface area (Å²) < 4.78 is 18.5. The molecule has 118 valence electrons. The van der Waals surface area contributed by atoms with Gasteiger partial charge in [-0.2, -0.15) is 4.98 Å². The number of hydrogen-bond acceptors (Lipinski definition) is 4. The highest BCUT2D eigenvalue weighted by molar-refractivity contribution is 5.19. The van der Waals surface area contributed by atoms with Gasteiger partial charge in [-0.25, -0.2) is 4.39 Å². The zero-order valence-corrected chi connectivity index (χ0v) is 12.7. The zero-order chi connectivity index (χ0) is 15.4. The summed E-state index contributed by atoms with van der Waals surface area (Å²) in [6.45, 7) is 0. The van der Waals surface area contributed by atoms with Gasteiger partial charge in [-0.15, -0.1) is 0 Å². The molecule has 0 radical (unpaired) electrons. The van der Waals surface area contributed by atoms with Crippen molar-refractivity contribution in [1.82, 2.24) is 10.1 Å². The van der Waals surface area contributed by atoms with Gasteiger partial charge in [0, 0.05) is 6.42 Å². The van der Waals surface area contributed by atoms with Crippen molar-refractivity contribution in [1.29, 1.82) is 0 Å². The quantitative estimate of drug-likeness (QED) is 0.913. The largest absolute Gasteiger partial charge is 0.338 e. The molecular weight excluding hydrogens is 281 g/mol. The van der Waals surface area contributed by atoms with Crippen LogP contribution in [0.2, 0.25) is 0 Å². The maximum absolute atomic E-state index is 13.2. The Kier molecular flexibility index (Phi) is 4.83. The van der Waals surface area contributed by atoms with Gasteiger partial charge < -0.3 is 10.3 Å². The van der Waals surface area contributed by atoms with E-state index in [4.69, 9.17) is 10.3 Å². The fraction of sp³-hybridized carbons (Fsp3) is 0.529. The molecule has 1 unspecified atom stereocenters. The van der Waals surface area contributed by atoms with E-state index in [1.54, 1.807) is 6.07 Å². The van der Waals surface area contributed by atoms with E-state index in [0.717, 1.165) is 12.0 Å². The number of aromatic nitrogens is 2. The minimum Gasteiger partial charge on any atom is -0.338 e. The molecule has 2 N–H and O–H groups in total. The summed E-state index contributed by atoms with van der Waals surface area (Å²) in [7, 11) is 0. The SMILES string of the molecule is NC(CC1CCCCC1)c1nc(Cc2cccc(F)c2)no1. The lowest BCUT2D eigenvalue weighted by molar-refractivity contribution is 0.283. The molecule has 1 aliphatic rings. The van der Waals surface area contributed by atoms with E-state index in [2.05, 4.69) is 10.1 Å². The predicted octanol–water partition coefficient (Wildman–Crippen LogP) is 3.77.